The van der Waals surface area contributed by atoms with Crippen molar-refractivity contribution in [2.75, 3.05) is 13.0 Å². The van der Waals surface area contributed by atoms with Crippen molar-refractivity contribution in [3.05, 3.63) is 59.2 Å². The molecular formula is C22H22ClO2+. The van der Waals surface area contributed by atoms with Crippen LogP contribution in [0.15, 0.2) is 46.9 Å². The summed E-state index contributed by atoms with van der Waals surface area (Å²) in [5.74, 6) is 2.66. The second-order valence-corrected chi connectivity index (χ2v) is 6.93. The first-order valence-corrected chi connectivity index (χ1v) is 9.45. The summed E-state index contributed by atoms with van der Waals surface area (Å²) in [5, 5.41) is 1.24. The van der Waals surface area contributed by atoms with Crippen LogP contribution in [0.3, 0.4) is 0 Å². The first kappa shape index (κ1) is 16.4. The zero-order chi connectivity index (χ0) is 17.2. The van der Waals surface area contributed by atoms with Crippen molar-refractivity contribution in [2.45, 2.75) is 32.1 Å². The maximum atomic E-state index is 6.36. The van der Waals surface area contributed by atoms with Gasteiger partial charge in [-0.1, -0.05) is 12.1 Å². The fraction of sp³-hybridized carbons (Fsp3) is 0.318. The van der Waals surface area contributed by atoms with E-state index in [0.717, 1.165) is 55.1 Å². The van der Waals surface area contributed by atoms with Gasteiger partial charge in [0.2, 0.25) is 0 Å². The molecular weight excluding hydrogens is 332 g/mol. The lowest BCUT2D eigenvalue weighted by Crippen LogP contribution is -2.08. The zero-order valence-corrected chi connectivity index (χ0v) is 15.2. The molecule has 0 bridgehead atoms. The smallest absolute Gasteiger partial charge is 0.364 e. The van der Waals surface area contributed by atoms with Gasteiger partial charge in [0.1, 0.15) is 5.75 Å². The highest BCUT2D eigenvalue weighted by atomic mass is 35.5. The van der Waals surface area contributed by atoms with Crippen LogP contribution in [-0.2, 0) is 19.3 Å². The lowest BCUT2D eigenvalue weighted by molar-refractivity contribution is 0.414. The molecule has 0 fully saturated rings. The molecule has 1 heterocycles. The molecule has 1 aliphatic rings. The first-order chi connectivity index (χ1) is 12.3. The summed E-state index contributed by atoms with van der Waals surface area (Å²) >= 11 is 5.89. The molecule has 2 nitrogen and oxygen atoms in total. The summed E-state index contributed by atoms with van der Waals surface area (Å²) in [4.78, 5) is 0. The predicted molar refractivity (Wildman–Crippen MR) is 104 cm³/mol. The van der Waals surface area contributed by atoms with E-state index in [4.69, 9.17) is 20.8 Å². The molecule has 1 aliphatic carbocycles. The Labute approximate surface area is 153 Å². The van der Waals surface area contributed by atoms with Crippen molar-refractivity contribution in [1.29, 1.82) is 0 Å². The first-order valence-electron chi connectivity index (χ1n) is 8.91. The standard InChI is InChI=1S/C22H22ClO2/c1-24-16-10-12-17-15(14-16)9-11-20-18(6-4-5-13-23)19-7-2-3-8-21(19)25-22(17)20/h2-3,7-8,10,12,14H,4-6,9,11,13H2,1H3/q+1. The van der Waals surface area contributed by atoms with Gasteiger partial charge in [-0.25, -0.2) is 4.42 Å². The van der Waals surface area contributed by atoms with Crippen molar-refractivity contribution in [3.8, 4) is 17.1 Å². The molecule has 0 N–H and O–H groups in total. The minimum atomic E-state index is 0.722. The molecule has 3 aromatic rings. The van der Waals surface area contributed by atoms with Crippen LogP contribution in [0.2, 0.25) is 0 Å². The van der Waals surface area contributed by atoms with E-state index >= 15 is 0 Å². The van der Waals surface area contributed by atoms with Gasteiger partial charge in [-0.3, -0.25) is 0 Å². The monoisotopic (exact) mass is 353 g/mol. The number of ether oxygens (including phenoxy) is 1. The summed E-state index contributed by atoms with van der Waals surface area (Å²) < 4.78 is 11.7. The fourth-order valence-corrected chi connectivity index (χ4v) is 4.01. The molecule has 128 valence electrons. The molecule has 0 aliphatic heterocycles. The fourth-order valence-electron chi connectivity index (χ4n) is 3.82. The SMILES string of the molecule is COc1ccc2c(c1)CCc1c-2[o+]c2ccccc2c1CCCCCl. The van der Waals surface area contributed by atoms with Crippen LogP contribution < -0.4 is 4.74 Å². The highest BCUT2D eigenvalue weighted by Gasteiger charge is 2.31. The Morgan fingerprint density at radius 2 is 1.96 bits per heavy atom. The van der Waals surface area contributed by atoms with Crippen molar-refractivity contribution < 1.29 is 9.15 Å². The number of alkyl halides is 1. The van der Waals surface area contributed by atoms with Gasteiger partial charge in [-0.15, -0.1) is 11.6 Å². The molecule has 25 heavy (non-hydrogen) atoms. The Bertz CT molecular complexity index is 917. The summed E-state index contributed by atoms with van der Waals surface area (Å²) in [7, 11) is 1.71. The van der Waals surface area contributed by atoms with E-state index in [2.05, 4.69) is 30.3 Å². The molecule has 0 spiro atoms. The quantitative estimate of drug-likeness (QED) is 0.316. The highest BCUT2D eigenvalue weighted by Crippen LogP contribution is 2.40. The van der Waals surface area contributed by atoms with E-state index < -0.39 is 0 Å². The van der Waals surface area contributed by atoms with Gasteiger partial charge in [0.25, 0.3) is 0 Å². The van der Waals surface area contributed by atoms with E-state index in [1.807, 2.05) is 12.1 Å². The number of hydrogen-bond donors (Lipinski definition) is 0. The Kier molecular flexibility index (Phi) is 4.63. The van der Waals surface area contributed by atoms with Crippen LogP contribution >= 0.6 is 11.6 Å². The average Bonchev–Trinajstić information content (AvgIpc) is 2.67. The summed E-state index contributed by atoms with van der Waals surface area (Å²) in [6, 6.07) is 14.7. The van der Waals surface area contributed by atoms with Crippen LogP contribution in [0, 0.1) is 0 Å². The van der Waals surface area contributed by atoms with E-state index in [9.17, 15) is 0 Å². The maximum Gasteiger partial charge on any atom is 0.364 e. The molecule has 0 radical (unpaired) electrons. The maximum absolute atomic E-state index is 6.36. The Morgan fingerprint density at radius 3 is 2.80 bits per heavy atom. The molecule has 0 saturated heterocycles. The third-order valence-electron chi connectivity index (χ3n) is 5.07. The zero-order valence-electron chi connectivity index (χ0n) is 14.5. The van der Waals surface area contributed by atoms with E-state index in [1.165, 1.54) is 27.6 Å². The van der Waals surface area contributed by atoms with Crippen LogP contribution in [0.25, 0.3) is 22.3 Å². The lowest BCUT2D eigenvalue weighted by Gasteiger charge is -2.17. The van der Waals surface area contributed by atoms with Crippen LogP contribution in [0.1, 0.15) is 29.5 Å². The number of halogens is 1. The number of aryl methyl sites for hydroxylation is 2. The number of unbranched alkanes of at least 4 members (excludes halogenated alkanes) is 1. The van der Waals surface area contributed by atoms with E-state index in [0.29, 0.717) is 0 Å². The third-order valence-corrected chi connectivity index (χ3v) is 5.34. The van der Waals surface area contributed by atoms with Crippen LogP contribution in [-0.4, -0.2) is 13.0 Å². The second-order valence-electron chi connectivity index (χ2n) is 6.55. The number of fused-ring (bicyclic) bond motifs is 4. The Balaban J connectivity index is 1.89. The Morgan fingerprint density at radius 1 is 1.08 bits per heavy atom. The van der Waals surface area contributed by atoms with Gasteiger partial charge >= 0.3 is 11.3 Å². The van der Waals surface area contributed by atoms with E-state index in [1.54, 1.807) is 7.11 Å². The molecule has 4 rings (SSSR count). The molecule has 1 aromatic heterocycles. The highest BCUT2D eigenvalue weighted by molar-refractivity contribution is 6.17. The summed E-state index contributed by atoms with van der Waals surface area (Å²) in [5.41, 5.74) is 6.27. The van der Waals surface area contributed by atoms with Crippen LogP contribution in [0.4, 0.5) is 0 Å². The molecule has 2 aromatic carbocycles. The number of rotatable bonds is 5. The topological polar surface area (TPSA) is 20.5 Å². The number of methoxy groups -OCH3 is 1. The Hall–Kier alpha value is -2.06. The number of para-hydroxylation sites is 1. The van der Waals surface area contributed by atoms with Crippen LogP contribution in [0.5, 0.6) is 5.75 Å². The third kappa shape index (κ3) is 3.00. The van der Waals surface area contributed by atoms with Crippen molar-refractivity contribution in [3.63, 3.8) is 0 Å². The van der Waals surface area contributed by atoms with Gasteiger partial charge in [0.15, 0.2) is 0 Å². The number of hydrogen-bond acceptors (Lipinski definition) is 1. The van der Waals surface area contributed by atoms with Gasteiger partial charge in [-0.2, -0.15) is 0 Å². The van der Waals surface area contributed by atoms with Crippen molar-refractivity contribution >= 4 is 22.6 Å². The van der Waals surface area contributed by atoms with Gasteiger partial charge in [0.05, 0.1) is 23.6 Å². The lowest BCUT2D eigenvalue weighted by atomic mass is 9.85. The van der Waals surface area contributed by atoms with Crippen molar-refractivity contribution in [1.82, 2.24) is 0 Å². The second kappa shape index (κ2) is 7.05. The molecule has 3 heteroatoms. The normalized spacial score (nSPS) is 12.7. The van der Waals surface area contributed by atoms with Gasteiger partial charge < -0.3 is 4.74 Å². The minimum Gasteiger partial charge on any atom is -0.497 e. The minimum absolute atomic E-state index is 0.722. The van der Waals surface area contributed by atoms with Gasteiger partial charge in [-0.05, 0) is 67.5 Å². The summed E-state index contributed by atoms with van der Waals surface area (Å²) in [6.07, 6.45) is 5.25. The molecule has 0 unspecified atom stereocenters. The van der Waals surface area contributed by atoms with Crippen molar-refractivity contribution in [2.24, 2.45) is 0 Å². The van der Waals surface area contributed by atoms with E-state index in [-0.39, 0.29) is 0 Å². The molecule has 0 saturated carbocycles. The summed E-state index contributed by atoms with van der Waals surface area (Å²) in [6.45, 7) is 0. The predicted octanol–water partition coefficient (Wildman–Crippen LogP) is 6.05. The molecule has 0 atom stereocenters. The molecule has 0 amide bonds. The number of benzene rings is 2. The largest absolute Gasteiger partial charge is 0.497 e. The van der Waals surface area contributed by atoms with Gasteiger partial charge in [0, 0.05) is 11.9 Å². The average molecular weight is 354 g/mol.